The van der Waals surface area contributed by atoms with Crippen LogP contribution in [0.5, 0.6) is 0 Å². The summed E-state index contributed by atoms with van der Waals surface area (Å²) in [4.78, 5) is 24.2. The molecule has 0 radical (unpaired) electrons. The maximum Gasteiger partial charge on any atom is 0.269 e. The number of aromatic nitrogens is 1. The van der Waals surface area contributed by atoms with Crippen molar-refractivity contribution >= 4 is 45.3 Å². The van der Waals surface area contributed by atoms with E-state index in [0.29, 0.717) is 5.56 Å². The fraction of sp³-hybridized carbons (Fsp3) is 0.111. The zero-order chi connectivity index (χ0) is 17.1. The van der Waals surface area contributed by atoms with Crippen LogP contribution in [0.15, 0.2) is 54.7 Å². The van der Waals surface area contributed by atoms with Gasteiger partial charge in [-0.15, -0.1) is 0 Å². The third kappa shape index (κ3) is 3.59. The van der Waals surface area contributed by atoms with E-state index in [9.17, 15) is 9.59 Å². The first-order valence-electron chi connectivity index (χ1n) is 7.44. The zero-order valence-corrected chi connectivity index (χ0v) is 15.2. The summed E-state index contributed by atoms with van der Waals surface area (Å²) >= 11 is 2.18. The molecule has 0 aliphatic heterocycles. The third-order valence-electron chi connectivity index (χ3n) is 3.74. The van der Waals surface area contributed by atoms with Crippen LogP contribution < -0.4 is 10.9 Å². The van der Waals surface area contributed by atoms with Crippen LogP contribution in [0.3, 0.4) is 0 Å². The fourth-order valence-corrected chi connectivity index (χ4v) is 2.92. The lowest BCUT2D eigenvalue weighted by Gasteiger charge is -2.09. The molecular weight excluding hydrogens is 417 g/mol. The first-order chi connectivity index (χ1) is 11.5. The molecular formula is C18H16IN3O2. The number of hydrazine groups is 1. The quantitative estimate of drug-likeness (QED) is 0.493. The van der Waals surface area contributed by atoms with Gasteiger partial charge in [0.1, 0.15) is 6.54 Å². The first-order valence-corrected chi connectivity index (χ1v) is 8.51. The molecule has 0 atom stereocenters. The Kier molecular flexibility index (Phi) is 4.84. The number of nitrogens with one attached hydrogen (secondary N) is 2. The predicted octanol–water partition coefficient (Wildman–Crippen LogP) is 3.02. The Morgan fingerprint density at radius 2 is 1.88 bits per heavy atom. The highest BCUT2D eigenvalue weighted by Crippen LogP contribution is 2.15. The number of carbonyl (C=O) groups excluding carboxylic acids is 2. The van der Waals surface area contributed by atoms with Crippen LogP contribution in [-0.4, -0.2) is 16.4 Å². The number of fused-ring (bicyclic) bond motifs is 1. The van der Waals surface area contributed by atoms with E-state index in [2.05, 4.69) is 33.4 Å². The van der Waals surface area contributed by atoms with Crippen molar-refractivity contribution in [3.05, 3.63) is 69.4 Å². The van der Waals surface area contributed by atoms with Crippen molar-refractivity contribution in [1.82, 2.24) is 15.4 Å². The number of rotatable bonds is 3. The minimum Gasteiger partial charge on any atom is -0.338 e. The number of hydrogen-bond acceptors (Lipinski definition) is 2. The van der Waals surface area contributed by atoms with Crippen molar-refractivity contribution in [3.63, 3.8) is 0 Å². The highest BCUT2D eigenvalue weighted by atomic mass is 127. The highest BCUT2D eigenvalue weighted by Gasteiger charge is 2.10. The summed E-state index contributed by atoms with van der Waals surface area (Å²) in [6.07, 6.45) is 1.86. The molecule has 0 fully saturated rings. The van der Waals surface area contributed by atoms with Crippen molar-refractivity contribution < 1.29 is 9.59 Å². The van der Waals surface area contributed by atoms with Crippen molar-refractivity contribution in [2.45, 2.75) is 13.5 Å². The van der Waals surface area contributed by atoms with E-state index < -0.39 is 0 Å². The molecule has 3 rings (SSSR count). The van der Waals surface area contributed by atoms with Gasteiger partial charge in [0.05, 0.1) is 0 Å². The lowest BCUT2D eigenvalue weighted by atomic mass is 10.1. The monoisotopic (exact) mass is 433 g/mol. The molecule has 0 aliphatic rings. The van der Waals surface area contributed by atoms with Gasteiger partial charge >= 0.3 is 0 Å². The summed E-state index contributed by atoms with van der Waals surface area (Å²) in [5, 5.41) is 1.07. The minimum atomic E-state index is -0.335. The van der Waals surface area contributed by atoms with Gasteiger partial charge in [-0.2, -0.15) is 0 Å². The molecule has 2 aromatic carbocycles. The topological polar surface area (TPSA) is 63.1 Å². The van der Waals surface area contributed by atoms with Crippen molar-refractivity contribution in [2.24, 2.45) is 0 Å². The van der Waals surface area contributed by atoms with Crippen molar-refractivity contribution in [3.8, 4) is 0 Å². The van der Waals surface area contributed by atoms with Gasteiger partial charge in [-0.25, -0.2) is 0 Å². The molecule has 1 heterocycles. The number of hydrogen-bond donors (Lipinski definition) is 2. The SMILES string of the molecule is Cc1ccc(C(=O)NNC(=O)Cn2ccc3ccccc32)cc1I. The second kappa shape index (κ2) is 7.04. The Hall–Kier alpha value is -2.35. The summed E-state index contributed by atoms with van der Waals surface area (Å²) in [7, 11) is 0. The smallest absolute Gasteiger partial charge is 0.269 e. The van der Waals surface area contributed by atoms with Crippen LogP contribution in [-0.2, 0) is 11.3 Å². The number of nitrogens with zero attached hydrogens (tertiary/aromatic N) is 1. The van der Waals surface area contributed by atoms with E-state index in [1.54, 1.807) is 12.1 Å². The molecule has 122 valence electrons. The summed E-state index contributed by atoms with van der Waals surface area (Å²) in [5.41, 5.74) is 7.50. The fourth-order valence-electron chi connectivity index (χ4n) is 2.41. The molecule has 0 saturated heterocycles. The average Bonchev–Trinajstić information content (AvgIpc) is 2.98. The number of carbonyl (C=O) groups is 2. The molecule has 6 heteroatoms. The van der Waals surface area contributed by atoms with Crippen LogP contribution in [0, 0.1) is 10.5 Å². The van der Waals surface area contributed by atoms with E-state index in [1.807, 2.05) is 54.1 Å². The standard InChI is InChI=1S/C18H16IN3O2/c1-12-6-7-14(10-15(12)19)18(24)21-20-17(23)11-22-9-8-13-4-2-3-5-16(13)22/h2-10H,11H2,1H3,(H,20,23)(H,21,24). The van der Waals surface area contributed by atoms with Gasteiger partial charge in [0, 0.05) is 20.8 Å². The summed E-state index contributed by atoms with van der Waals surface area (Å²) in [6, 6.07) is 15.2. The lowest BCUT2D eigenvalue weighted by Crippen LogP contribution is -2.43. The molecule has 3 aromatic rings. The van der Waals surface area contributed by atoms with E-state index in [-0.39, 0.29) is 18.4 Å². The van der Waals surface area contributed by atoms with Gasteiger partial charge in [-0.1, -0.05) is 24.3 Å². The molecule has 2 N–H and O–H groups in total. The van der Waals surface area contributed by atoms with Gasteiger partial charge in [0.25, 0.3) is 11.8 Å². The third-order valence-corrected chi connectivity index (χ3v) is 4.91. The van der Waals surface area contributed by atoms with Gasteiger partial charge in [0.15, 0.2) is 0 Å². The number of aryl methyl sites for hydroxylation is 1. The lowest BCUT2D eigenvalue weighted by molar-refractivity contribution is -0.122. The maximum atomic E-state index is 12.1. The number of para-hydroxylation sites is 1. The second-order valence-electron chi connectivity index (χ2n) is 5.47. The van der Waals surface area contributed by atoms with Gasteiger partial charge in [0.2, 0.25) is 0 Å². The van der Waals surface area contributed by atoms with Crippen molar-refractivity contribution in [2.75, 3.05) is 0 Å². The molecule has 5 nitrogen and oxygen atoms in total. The van der Waals surface area contributed by atoms with Crippen molar-refractivity contribution in [1.29, 1.82) is 0 Å². The Bertz CT molecular complexity index is 918. The zero-order valence-electron chi connectivity index (χ0n) is 13.0. The van der Waals surface area contributed by atoms with Crippen LogP contribution >= 0.6 is 22.6 Å². The van der Waals surface area contributed by atoms with E-state index in [1.165, 1.54) is 0 Å². The summed E-state index contributed by atoms with van der Waals surface area (Å²) < 4.78 is 2.84. The van der Waals surface area contributed by atoms with Crippen LogP contribution in [0.2, 0.25) is 0 Å². The Labute approximate surface area is 153 Å². The molecule has 1 aromatic heterocycles. The Balaban J connectivity index is 1.61. The molecule has 0 spiro atoms. The minimum absolute atomic E-state index is 0.138. The Morgan fingerprint density at radius 3 is 2.67 bits per heavy atom. The predicted molar refractivity (Wildman–Crippen MR) is 101 cm³/mol. The molecule has 2 amide bonds. The number of benzene rings is 2. The second-order valence-corrected chi connectivity index (χ2v) is 6.63. The average molecular weight is 433 g/mol. The largest absolute Gasteiger partial charge is 0.338 e. The molecule has 0 saturated carbocycles. The van der Waals surface area contributed by atoms with Crippen LogP contribution in [0.1, 0.15) is 15.9 Å². The number of amides is 2. The number of halogens is 1. The van der Waals surface area contributed by atoms with Gasteiger partial charge in [-0.3, -0.25) is 20.4 Å². The molecule has 0 aliphatic carbocycles. The summed E-state index contributed by atoms with van der Waals surface area (Å²) in [6.45, 7) is 2.12. The van der Waals surface area contributed by atoms with E-state index >= 15 is 0 Å². The maximum absolute atomic E-state index is 12.1. The van der Waals surface area contributed by atoms with E-state index in [4.69, 9.17) is 0 Å². The molecule has 0 unspecified atom stereocenters. The van der Waals surface area contributed by atoms with Crippen LogP contribution in [0.25, 0.3) is 10.9 Å². The molecule has 0 bridgehead atoms. The van der Waals surface area contributed by atoms with Crippen LogP contribution in [0.4, 0.5) is 0 Å². The first kappa shape index (κ1) is 16.5. The molecule has 24 heavy (non-hydrogen) atoms. The van der Waals surface area contributed by atoms with Gasteiger partial charge < -0.3 is 4.57 Å². The highest BCUT2D eigenvalue weighted by molar-refractivity contribution is 14.1. The van der Waals surface area contributed by atoms with E-state index in [0.717, 1.165) is 20.0 Å². The van der Waals surface area contributed by atoms with Gasteiger partial charge in [-0.05, 0) is 64.7 Å². The Morgan fingerprint density at radius 1 is 1.08 bits per heavy atom. The summed E-state index contributed by atoms with van der Waals surface area (Å²) in [5.74, 6) is -0.620. The normalized spacial score (nSPS) is 10.6.